The van der Waals surface area contributed by atoms with Crippen LogP contribution in [0.4, 0.5) is 0 Å². The van der Waals surface area contributed by atoms with Crippen LogP contribution in [0.1, 0.15) is 37.7 Å². The molecule has 1 aromatic heterocycles. The van der Waals surface area contributed by atoms with E-state index in [9.17, 15) is 4.79 Å². The molecule has 0 spiro atoms. The van der Waals surface area contributed by atoms with E-state index in [0.717, 1.165) is 54.5 Å². The molecule has 0 fully saturated rings. The Morgan fingerprint density at radius 1 is 1.00 bits per heavy atom. The van der Waals surface area contributed by atoms with E-state index in [0.29, 0.717) is 13.0 Å². The average molecular weight is 387 g/mol. The van der Waals surface area contributed by atoms with Crippen molar-refractivity contribution in [3.8, 4) is 5.69 Å². The van der Waals surface area contributed by atoms with Crippen LogP contribution >= 0.6 is 12.4 Å². The van der Waals surface area contributed by atoms with Crippen molar-refractivity contribution in [2.24, 2.45) is 5.73 Å². The van der Waals surface area contributed by atoms with Crippen molar-refractivity contribution >= 4 is 29.3 Å². The molecular formula is C21H27ClN4O. The lowest BCUT2D eigenvalue weighted by molar-refractivity contribution is -0.121. The summed E-state index contributed by atoms with van der Waals surface area (Å²) in [5.41, 5.74) is 9.69. The number of nitrogens with zero attached hydrogens (tertiary/aromatic N) is 2. The van der Waals surface area contributed by atoms with Crippen LogP contribution in [-0.4, -0.2) is 22.0 Å². The molecule has 5 nitrogen and oxygen atoms in total. The number of nitrogens with two attached hydrogens (primary N) is 1. The van der Waals surface area contributed by atoms with Gasteiger partial charge in [-0.25, -0.2) is 4.98 Å². The normalized spacial score (nSPS) is 10.6. The SMILES string of the molecule is Cl.NCCCCCCC(=O)NCc1ccc(-n2cnc3ccccc32)cc1. The summed E-state index contributed by atoms with van der Waals surface area (Å²) in [5.74, 6) is 0.113. The maximum atomic E-state index is 11.9. The van der Waals surface area contributed by atoms with Gasteiger partial charge in [0, 0.05) is 18.7 Å². The summed E-state index contributed by atoms with van der Waals surface area (Å²) in [6.07, 6.45) is 6.57. The zero-order valence-electron chi connectivity index (χ0n) is 15.4. The molecule has 0 bridgehead atoms. The number of amides is 1. The molecule has 27 heavy (non-hydrogen) atoms. The predicted molar refractivity (Wildman–Crippen MR) is 112 cm³/mol. The number of nitrogens with one attached hydrogen (secondary N) is 1. The molecule has 3 N–H and O–H groups in total. The summed E-state index contributed by atoms with van der Waals surface area (Å²) >= 11 is 0. The molecule has 2 aromatic carbocycles. The third-order valence-corrected chi connectivity index (χ3v) is 4.52. The fraction of sp³-hybridized carbons (Fsp3) is 0.333. The first kappa shape index (κ1) is 20.9. The average Bonchev–Trinajstić information content (AvgIpc) is 3.11. The van der Waals surface area contributed by atoms with Gasteiger partial charge < -0.3 is 11.1 Å². The van der Waals surface area contributed by atoms with Crippen LogP contribution in [0, 0.1) is 0 Å². The molecule has 3 rings (SSSR count). The van der Waals surface area contributed by atoms with Gasteiger partial charge in [0.2, 0.25) is 5.91 Å². The Balaban J connectivity index is 0.00000261. The molecule has 6 heteroatoms. The molecule has 144 valence electrons. The second-order valence-electron chi connectivity index (χ2n) is 6.50. The third-order valence-electron chi connectivity index (χ3n) is 4.52. The van der Waals surface area contributed by atoms with E-state index < -0.39 is 0 Å². The van der Waals surface area contributed by atoms with Crippen LogP contribution in [0.15, 0.2) is 54.9 Å². The number of para-hydroxylation sites is 2. The standard InChI is InChI=1S/C21H26N4O.ClH/c22-14-6-2-1-3-9-21(26)23-15-17-10-12-18(13-11-17)25-16-24-19-7-4-5-8-20(19)25;/h4-5,7-8,10-13,16H,1-3,6,9,14-15,22H2,(H,23,26);1H. The van der Waals surface area contributed by atoms with E-state index in [4.69, 9.17) is 5.73 Å². The molecule has 0 atom stereocenters. The van der Waals surface area contributed by atoms with Gasteiger partial charge in [-0.2, -0.15) is 0 Å². The van der Waals surface area contributed by atoms with Crippen molar-refractivity contribution in [2.75, 3.05) is 6.54 Å². The van der Waals surface area contributed by atoms with Gasteiger partial charge in [0.1, 0.15) is 6.33 Å². The maximum absolute atomic E-state index is 11.9. The monoisotopic (exact) mass is 386 g/mol. The summed E-state index contributed by atoms with van der Waals surface area (Å²) in [4.78, 5) is 16.3. The molecule has 0 unspecified atom stereocenters. The number of carbonyl (C=O) groups excluding carboxylic acids is 1. The van der Waals surface area contributed by atoms with E-state index in [-0.39, 0.29) is 18.3 Å². The number of fused-ring (bicyclic) bond motifs is 1. The predicted octanol–water partition coefficient (Wildman–Crippen LogP) is 3.97. The van der Waals surface area contributed by atoms with E-state index in [1.165, 1.54) is 0 Å². The zero-order chi connectivity index (χ0) is 18.2. The molecular weight excluding hydrogens is 360 g/mol. The highest BCUT2D eigenvalue weighted by Gasteiger charge is 2.05. The summed E-state index contributed by atoms with van der Waals surface area (Å²) in [7, 11) is 0. The lowest BCUT2D eigenvalue weighted by Gasteiger charge is -2.08. The van der Waals surface area contributed by atoms with Crippen LogP contribution in [-0.2, 0) is 11.3 Å². The fourth-order valence-electron chi connectivity index (χ4n) is 3.01. The van der Waals surface area contributed by atoms with Gasteiger partial charge in [-0.3, -0.25) is 9.36 Å². The largest absolute Gasteiger partial charge is 0.352 e. The number of imidazole rings is 1. The summed E-state index contributed by atoms with van der Waals surface area (Å²) in [6.45, 7) is 1.30. The topological polar surface area (TPSA) is 72.9 Å². The van der Waals surface area contributed by atoms with Gasteiger partial charge in [0.15, 0.2) is 0 Å². The highest BCUT2D eigenvalue weighted by molar-refractivity contribution is 5.85. The molecule has 1 heterocycles. The Hall–Kier alpha value is -2.37. The maximum Gasteiger partial charge on any atom is 0.220 e. The Labute approximate surface area is 166 Å². The van der Waals surface area contributed by atoms with E-state index in [2.05, 4.69) is 33.1 Å². The summed E-state index contributed by atoms with van der Waals surface area (Å²) < 4.78 is 2.07. The molecule has 0 aliphatic rings. The lowest BCUT2D eigenvalue weighted by atomic mass is 10.1. The van der Waals surface area contributed by atoms with E-state index in [1.807, 2.05) is 36.7 Å². The van der Waals surface area contributed by atoms with Crippen LogP contribution in [0.2, 0.25) is 0 Å². The van der Waals surface area contributed by atoms with Crippen LogP contribution in [0.5, 0.6) is 0 Å². The fourth-order valence-corrected chi connectivity index (χ4v) is 3.01. The van der Waals surface area contributed by atoms with Crippen molar-refractivity contribution < 1.29 is 4.79 Å². The van der Waals surface area contributed by atoms with Crippen molar-refractivity contribution in [1.29, 1.82) is 0 Å². The van der Waals surface area contributed by atoms with Gasteiger partial charge in [-0.05, 0) is 49.2 Å². The minimum atomic E-state index is 0. The van der Waals surface area contributed by atoms with Crippen molar-refractivity contribution in [3.05, 3.63) is 60.4 Å². The van der Waals surface area contributed by atoms with Crippen LogP contribution < -0.4 is 11.1 Å². The number of hydrogen-bond acceptors (Lipinski definition) is 3. The Bertz CT molecular complexity index is 845. The van der Waals surface area contributed by atoms with Gasteiger partial charge >= 0.3 is 0 Å². The number of rotatable bonds is 9. The number of benzene rings is 2. The molecule has 0 saturated carbocycles. The van der Waals surface area contributed by atoms with Crippen molar-refractivity contribution in [3.63, 3.8) is 0 Å². The Morgan fingerprint density at radius 3 is 2.52 bits per heavy atom. The Kier molecular flexibility index (Phi) is 8.30. The molecule has 0 saturated heterocycles. The Morgan fingerprint density at radius 2 is 1.74 bits per heavy atom. The quantitative estimate of drug-likeness (QED) is 0.546. The molecule has 0 aliphatic heterocycles. The lowest BCUT2D eigenvalue weighted by Crippen LogP contribution is -2.22. The highest BCUT2D eigenvalue weighted by atomic mass is 35.5. The number of hydrogen-bond donors (Lipinski definition) is 2. The van der Waals surface area contributed by atoms with Gasteiger partial charge in [-0.1, -0.05) is 37.1 Å². The van der Waals surface area contributed by atoms with Crippen LogP contribution in [0.3, 0.4) is 0 Å². The molecule has 0 aliphatic carbocycles. The van der Waals surface area contributed by atoms with Gasteiger partial charge in [0.25, 0.3) is 0 Å². The van der Waals surface area contributed by atoms with Crippen LogP contribution in [0.25, 0.3) is 16.7 Å². The number of carbonyl (C=O) groups is 1. The molecule has 1 amide bonds. The summed E-state index contributed by atoms with van der Waals surface area (Å²) in [6, 6.07) is 16.3. The zero-order valence-corrected chi connectivity index (χ0v) is 16.3. The van der Waals surface area contributed by atoms with E-state index in [1.54, 1.807) is 0 Å². The third kappa shape index (κ3) is 5.81. The first-order valence-electron chi connectivity index (χ1n) is 9.26. The highest BCUT2D eigenvalue weighted by Crippen LogP contribution is 2.18. The van der Waals surface area contributed by atoms with Gasteiger partial charge in [0.05, 0.1) is 11.0 Å². The minimum absolute atomic E-state index is 0. The second kappa shape index (κ2) is 10.7. The number of unbranched alkanes of at least 4 members (excludes halogenated alkanes) is 3. The second-order valence-corrected chi connectivity index (χ2v) is 6.50. The first-order chi connectivity index (χ1) is 12.8. The van der Waals surface area contributed by atoms with Crippen molar-refractivity contribution in [2.45, 2.75) is 38.6 Å². The first-order valence-corrected chi connectivity index (χ1v) is 9.26. The number of halogens is 1. The van der Waals surface area contributed by atoms with Gasteiger partial charge in [-0.15, -0.1) is 12.4 Å². The minimum Gasteiger partial charge on any atom is -0.352 e. The van der Waals surface area contributed by atoms with Crippen molar-refractivity contribution in [1.82, 2.24) is 14.9 Å². The van der Waals surface area contributed by atoms with E-state index >= 15 is 0 Å². The molecule has 3 aromatic rings. The smallest absolute Gasteiger partial charge is 0.220 e. The summed E-state index contributed by atoms with van der Waals surface area (Å²) in [5, 5.41) is 2.99. The molecule has 0 radical (unpaired) electrons. The number of aromatic nitrogens is 2.